The number of aliphatic hydroxyl groups is 1. The van der Waals surface area contributed by atoms with Crippen LogP contribution in [0.3, 0.4) is 0 Å². The number of aliphatic hydroxyl groups excluding tert-OH is 1. The fourth-order valence-corrected chi connectivity index (χ4v) is 3.96. The maximum atomic E-state index is 10.2. The summed E-state index contributed by atoms with van der Waals surface area (Å²) in [4.78, 5) is 14.2. The smallest absolute Gasteiger partial charge is 0.136 e. The number of aromatic nitrogens is 2. The predicted molar refractivity (Wildman–Crippen MR) is 115 cm³/mol. The fourth-order valence-electron chi connectivity index (χ4n) is 3.96. The van der Waals surface area contributed by atoms with E-state index >= 15 is 0 Å². The Bertz CT molecular complexity index is 742. The van der Waals surface area contributed by atoms with Gasteiger partial charge >= 0.3 is 0 Å². The van der Waals surface area contributed by atoms with Crippen LogP contribution in [0.25, 0.3) is 0 Å². The van der Waals surface area contributed by atoms with Crippen LogP contribution in [0.1, 0.15) is 48.8 Å². The monoisotopic (exact) mass is 382 g/mol. The molecule has 0 aliphatic carbocycles. The fraction of sp³-hybridized carbons (Fsp3) is 0.565. The van der Waals surface area contributed by atoms with Gasteiger partial charge in [0.2, 0.25) is 0 Å². The number of benzene rings is 1. The van der Waals surface area contributed by atoms with E-state index in [9.17, 15) is 5.11 Å². The van der Waals surface area contributed by atoms with Gasteiger partial charge in [-0.15, -0.1) is 0 Å². The molecule has 1 aliphatic rings. The molecule has 28 heavy (non-hydrogen) atoms. The Morgan fingerprint density at radius 1 is 1.04 bits per heavy atom. The first-order valence-electron chi connectivity index (χ1n) is 10.6. The third-order valence-electron chi connectivity index (χ3n) is 5.56. The van der Waals surface area contributed by atoms with Crippen LogP contribution in [0, 0.1) is 13.8 Å². The molecule has 1 aliphatic heterocycles. The Morgan fingerprint density at radius 3 is 2.43 bits per heavy atom. The van der Waals surface area contributed by atoms with Crippen molar-refractivity contribution in [3.05, 3.63) is 53.0 Å². The van der Waals surface area contributed by atoms with Gasteiger partial charge in [0.05, 0.1) is 6.10 Å². The van der Waals surface area contributed by atoms with Crippen molar-refractivity contribution >= 4 is 5.82 Å². The molecular weight excluding hydrogens is 348 g/mol. The van der Waals surface area contributed by atoms with Crippen molar-refractivity contribution in [1.82, 2.24) is 14.9 Å². The van der Waals surface area contributed by atoms with Crippen molar-refractivity contribution in [2.24, 2.45) is 0 Å². The lowest BCUT2D eigenvalue weighted by Gasteiger charge is -2.37. The van der Waals surface area contributed by atoms with E-state index in [0.717, 1.165) is 75.7 Å². The highest BCUT2D eigenvalue weighted by Gasteiger charge is 2.23. The highest BCUT2D eigenvalue weighted by atomic mass is 16.3. The van der Waals surface area contributed by atoms with E-state index in [-0.39, 0.29) is 6.10 Å². The van der Waals surface area contributed by atoms with E-state index in [0.29, 0.717) is 0 Å². The first-order chi connectivity index (χ1) is 13.6. The van der Waals surface area contributed by atoms with Crippen molar-refractivity contribution in [2.45, 2.75) is 52.6 Å². The second-order valence-corrected chi connectivity index (χ2v) is 7.90. The van der Waals surface area contributed by atoms with E-state index in [1.165, 1.54) is 11.1 Å². The number of aryl methyl sites for hydroxylation is 2. The molecule has 1 fully saturated rings. The summed E-state index contributed by atoms with van der Waals surface area (Å²) in [6, 6.07) is 10.6. The largest absolute Gasteiger partial charge is 0.392 e. The number of β-amino-alcohol motifs (C(OH)–C–C–N with tert-alkyl or cyclic N) is 1. The van der Waals surface area contributed by atoms with Gasteiger partial charge in [-0.25, -0.2) is 9.97 Å². The molecule has 1 aromatic carbocycles. The Kier molecular flexibility index (Phi) is 7.40. The van der Waals surface area contributed by atoms with Crippen LogP contribution >= 0.6 is 0 Å². The molecular formula is C23H34N4O. The van der Waals surface area contributed by atoms with Crippen molar-refractivity contribution in [1.29, 1.82) is 0 Å². The van der Waals surface area contributed by atoms with Crippen molar-refractivity contribution in [2.75, 3.05) is 37.6 Å². The SMILES string of the molecule is CCCCC(O)CN1CCN(c2nc(C)nc(C)c2Cc2ccccc2)CC1. The Labute approximate surface area is 169 Å². The standard InChI is InChI=1S/C23H34N4O/c1-4-5-11-21(28)17-26-12-14-27(15-13-26)23-22(18(2)24-19(3)25-23)16-20-9-7-6-8-10-20/h6-10,21,28H,4-5,11-17H2,1-3H3. The van der Waals surface area contributed by atoms with Crippen molar-refractivity contribution < 1.29 is 5.11 Å². The first-order valence-corrected chi connectivity index (χ1v) is 10.6. The molecule has 2 heterocycles. The highest BCUT2D eigenvalue weighted by molar-refractivity contribution is 5.51. The molecule has 0 saturated carbocycles. The molecule has 152 valence electrons. The zero-order valence-corrected chi connectivity index (χ0v) is 17.6. The minimum absolute atomic E-state index is 0.205. The third-order valence-corrected chi connectivity index (χ3v) is 5.56. The first kappa shape index (κ1) is 20.7. The van der Waals surface area contributed by atoms with Crippen LogP contribution in [0.15, 0.2) is 30.3 Å². The lowest BCUT2D eigenvalue weighted by molar-refractivity contribution is 0.100. The van der Waals surface area contributed by atoms with Crippen LogP contribution < -0.4 is 4.90 Å². The lowest BCUT2D eigenvalue weighted by Crippen LogP contribution is -2.49. The molecule has 3 rings (SSSR count). The number of unbranched alkanes of at least 4 members (excludes halogenated alkanes) is 1. The molecule has 2 aromatic rings. The quantitative estimate of drug-likeness (QED) is 0.759. The van der Waals surface area contributed by atoms with Crippen LogP contribution in [0.4, 0.5) is 5.82 Å². The molecule has 0 radical (unpaired) electrons. The molecule has 5 heteroatoms. The number of hydrogen-bond donors (Lipinski definition) is 1. The summed E-state index contributed by atoms with van der Waals surface area (Å²) in [5.74, 6) is 1.92. The van der Waals surface area contributed by atoms with Gasteiger partial charge in [-0.1, -0.05) is 50.1 Å². The number of nitrogens with zero attached hydrogens (tertiary/aromatic N) is 4. The molecule has 1 N–H and O–H groups in total. The topological polar surface area (TPSA) is 52.5 Å². The second kappa shape index (κ2) is 9.99. The number of hydrogen-bond acceptors (Lipinski definition) is 5. The molecule has 0 bridgehead atoms. The zero-order chi connectivity index (χ0) is 19.9. The zero-order valence-electron chi connectivity index (χ0n) is 17.6. The Hall–Kier alpha value is -1.98. The summed E-state index contributed by atoms with van der Waals surface area (Å²) in [6.07, 6.45) is 3.80. The van der Waals surface area contributed by atoms with Gasteiger partial charge in [-0.05, 0) is 25.8 Å². The summed E-state index contributed by atoms with van der Waals surface area (Å²) in [7, 11) is 0. The van der Waals surface area contributed by atoms with Crippen LogP contribution in [0.2, 0.25) is 0 Å². The average Bonchev–Trinajstić information content (AvgIpc) is 2.70. The number of piperazine rings is 1. The Morgan fingerprint density at radius 2 is 1.75 bits per heavy atom. The summed E-state index contributed by atoms with van der Waals surface area (Å²) >= 11 is 0. The van der Waals surface area contributed by atoms with E-state index < -0.39 is 0 Å². The maximum absolute atomic E-state index is 10.2. The molecule has 1 saturated heterocycles. The highest BCUT2D eigenvalue weighted by Crippen LogP contribution is 2.25. The van der Waals surface area contributed by atoms with E-state index in [4.69, 9.17) is 4.98 Å². The van der Waals surface area contributed by atoms with Crippen molar-refractivity contribution in [3.8, 4) is 0 Å². The maximum Gasteiger partial charge on any atom is 0.136 e. The summed E-state index contributed by atoms with van der Waals surface area (Å²) in [6.45, 7) is 10.8. The van der Waals surface area contributed by atoms with Crippen LogP contribution in [-0.2, 0) is 6.42 Å². The third kappa shape index (κ3) is 5.52. The van der Waals surface area contributed by atoms with Gasteiger partial charge in [-0.2, -0.15) is 0 Å². The molecule has 1 unspecified atom stereocenters. The number of rotatable bonds is 8. The van der Waals surface area contributed by atoms with Gasteiger partial charge in [0, 0.05) is 50.4 Å². The summed E-state index contributed by atoms with van der Waals surface area (Å²) in [5, 5.41) is 10.2. The molecule has 5 nitrogen and oxygen atoms in total. The summed E-state index contributed by atoms with van der Waals surface area (Å²) < 4.78 is 0. The van der Waals surface area contributed by atoms with Crippen molar-refractivity contribution in [3.63, 3.8) is 0 Å². The van der Waals surface area contributed by atoms with Crippen LogP contribution in [0.5, 0.6) is 0 Å². The van der Waals surface area contributed by atoms with Gasteiger partial charge in [0.1, 0.15) is 11.6 Å². The molecule has 0 spiro atoms. The van der Waals surface area contributed by atoms with E-state index in [1.807, 2.05) is 6.92 Å². The van der Waals surface area contributed by atoms with Gasteiger partial charge < -0.3 is 10.0 Å². The Balaban J connectivity index is 1.68. The average molecular weight is 383 g/mol. The second-order valence-electron chi connectivity index (χ2n) is 7.90. The van der Waals surface area contributed by atoms with Gasteiger partial charge in [0.15, 0.2) is 0 Å². The van der Waals surface area contributed by atoms with Gasteiger partial charge in [0.25, 0.3) is 0 Å². The molecule has 0 amide bonds. The normalized spacial score (nSPS) is 16.4. The minimum atomic E-state index is -0.205. The van der Waals surface area contributed by atoms with Crippen LogP contribution in [-0.4, -0.2) is 58.8 Å². The number of anilines is 1. The lowest BCUT2D eigenvalue weighted by atomic mass is 10.0. The molecule has 1 atom stereocenters. The summed E-state index contributed by atoms with van der Waals surface area (Å²) in [5.41, 5.74) is 3.59. The molecule has 1 aromatic heterocycles. The predicted octanol–water partition coefficient (Wildman–Crippen LogP) is 3.36. The van der Waals surface area contributed by atoms with E-state index in [2.05, 4.69) is 59.0 Å². The van der Waals surface area contributed by atoms with Gasteiger partial charge in [-0.3, -0.25) is 4.90 Å². The van der Waals surface area contributed by atoms with E-state index in [1.54, 1.807) is 0 Å². The minimum Gasteiger partial charge on any atom is -0.392 e.